The second kappa shape index (κ2) is 10.1. The molecule has 2 aliphatic heterocycles. The highest BCUT2D eigenvalue weighted by atomic mass is 16.6. The van der Waals surface area contributed by atoms with Crippen LogP contribution in [-0.4, -0.2) is 70.9 Å². The van der Waals surface area contributed by atoms with E-state index >= 15 is 0 Å². The van der Waals surface area contributed by atoms with Gasteiger partial charge in [-0.15, -0.1) is 0 Å². The summed E-state index contributed by atoms with van der Waals surface area (Å²) in [6, 6.07) is 11.9. The van der Waals surface area contributed by atoms with Gasteiger partial charge in [0.2, 0.25) is 0 Å². The quantitative estimate of drug-likeness (QED) is 0.220. The Labute approximate surface area is 197 Å². The van der Waals surface area contributed by atoms with Gasteiger partial charge >= 0.3 is 0 Å². The average molecular weight is 466 g/mol. The Balaban J connectivity index is 1.68. The summed E-state index contributed by atoms with van der Waals surface area (Å²) in [7, 11) is 0. The van der Waals surface area contributed by atoms with Gasteiger partial charge in [-0.2, -0.15) is 0 Å². The van der Waals surface area contributed by atoms with Crippen molar-refractivity contribution in [1.29, 1.82) is 0 Å². The van der Waals surface area contributed by atoms with Crippen LogP contribution in [0.15, 0.2) is 54.1 Å². The van der Waals surface area contributed by atoms with Gasteiger partial charge in [-0.1, -0.05) is 29.8 Å². The molecule has 2 aromatic rings. The molecule has 34 heavy (non-hydrogen) atoms. The fraction of sp³-hybridized carbons (Fsp3) is 0.360. The van der Waals surface area contributed by atoms with Gasteiger partial charge in [0.15, 0.2) is 0 Å². The molecule has 0 radical (unpaired) electrons. The van der Waals surface area contributed by atoms with Gasteiger partial charge in [0.25, 0.3) is 17.4 Å². The number of carbonyl (C=O) groups is 2. The number of ether oxygens (including phenoxy) is 1. The summed E-state index contributed by atoms with van der Waals surface area (Å²) in [6.45, 7) is 5.95. The first-order valence-electron chi connectivity index (χ1n) is 11.3. The lowest BCUT2D eigenvalue weighted by molar-refractivity contribution is -0.384. The molecule has 9 heteroatoms. The van der Waals surface area contributed by atoms with Crippen LogP contribution >= 0.6 is 0 Å². The number of hydrogen-bond acceptors (Lipinski definition) is 7. The summed E-state index contributed by atoms with van der Waals surface area (Å²) in [5.74, 6) is -1.69. The second-order valence-electron chi connectivity index (χ2n) is 8.51. The maximum Gasteiger partial charge on any atom is 0.295 e. The van der Waals surface area contributed by atoms with Crippen LogP contribution in [0.2, 0.25) is 0 Å². The Bertz CT molecular complexity index is 1100. The van der Waals surface area contributed by atoms with Gasteiger partial charge in [-0.25, -0.2) is 0 Å². The molecule has 0 spiro atoms. The number of amides is 1. The first-order valence-corrected chi connectivity index (χ1v) is 11.3. The molecule has 178 valence electrons. The standard InChI is InChI=1S/C25H27N3O6/c1-17-3-5-19(6-4-17)23(29)21-22(18-7-9-20(10-8-18)28(32)33)27(25(31)24(21)30)12-2-11-26-13-15-34-16-14-26/h3-10,22,29H,2,11-16H2,1H3/b23-21+/t22-/m1/s1. The summed E-state index contributed by atoms with van der Waals surface area (Å²) >= 11 is 0. The van der Waals surface area contributed by atoms with E-state index in [4.69, 9.17) is 4.74 Å². The molecule has 1 amide bonds. The molecule has 0 aliphatic carbocycles. The van der Waals surface area contributed by atoms with Crippen molar-refractivity contribution in [2.24, 2.45) is 0 Å². The second-order valence-corrected chi connectivity index (χ2v) is 8.51. The van der Waals surface area contributed by atoms with E-state index in [2.05, 4.69) is 4.90 Å². The minimum atomic E-state index is -0.827. The molecule has 1 atom stereocenters. The fourth-order valence-electron chi connectivity index (χ4n) is 4.39. The van der Waals surface area contributed by atoms with E-state index in [-0.39, 0.29) is 17.0 Å². The summed E-state index contributed by atoms with van der Waals surface area (Å²) in [5, 5.41) is 22.2. The highest BCUT2D eigenvalue weighted by Crippen LogP contribution is 2.39. The van der Waals surface area contributed by atoms with Crippen LogP contribution in [-0.2, 0) is 14.3 Å². The van der Waals surface area contributed by atoms with Gasteiger partial charge in [0.05, 0.1) is 29.8 Å². The van der Waals surface area contributed by atoms with E-state index in [1.54, 1.807) is 12.1 Å². The third-order valence-corrected chi connectivity index (χ3v) is 6.26. The lowest BCUT2D eigenvalue weighted by atomic mass is 9.95. The summed E-state index contributed by atoms with van der Waals surface area (Å²) in [6.07, 6.45) is 0.640. The number of morpholine rings is 1. The molecule has 2 fully saturated rings. The number of carbonyl (C=O) groups excluding carboxylic acids is 2. The van der Waals surface area contributed by atoms with Gasteiger partial charge < -0.3 is 14.7 Å². The molecule has 1 N–H and O–H groups in total. The predicted molar refractivity (Wildman–Crippen MR) is 125 cm³/mol. The zero-order valence-corrected chi connectivity index (χ0v) is 19.0. The first-order chi connectivity index (χ1) is 16.4. The van der Waals surface area contributed by atoms with Crippen molar-refractivity contribution in [3.63, 3.8) is 0 Å². The van der Waals surface area contributed by atoms with Crippen LogP contribution in [0.25, 0.3) is 5.76 Å². The molecule has 0 aromatic heterocycles. The van der Waals surface area contributed by atoms with Crippen LogP contribution in [0, 0.1) is 17.0 Å². The Morgan fingerprint density at radius 3 is 2.32 bits per heavy atom. The molecule has 0 saturated carbocycles. The fourth-order valence-corrected chi connectivity index (χ4v) is 4.39. The lowest BCUT2D eigenvalue weighted by Crippen LogP contribution is -2.38. The van der Waals surface area contributed by atoms with Gasteiger partial charge in [-0.3, -0.25) is 24.6 Å². The zero-order valence-electron chi connectivity index (χ0n) is 19.0. The number of Topliss-reactive ketones (excluding diaryl/α,β-unsaturated/α-hetero) is 1. The number of ketones is 1. The third kappa shape index (κ3) is 4.85. The van der Waals surface area contributed by atoms with Gasteiger partial charge in [-0.05, 0) is 31.0 Å². The van der Waals surface area contributed by atoms with E-state index < -0.39 is 22.7 Å². The van der Waals surface area contributed by atoms with Crippen LogP contribution in [0.5, 0.6) is 0 Å². The normalized spacial score (nSPS) is 20.6. The molecule has 0 unspecified atom stereocenters. The molecule has 2 aliphatic rings. The number of aliphatic hydroxyl groups excluding tert-OH is 1. The lowest BCUT2D eigenvalue weighted by Gasteiger charge is -2.29. The summed E-state index contributed by atoms with van der Waals surface area (Å²) in [4.78, 5) is 40.4. The van der Waals surface area contributed by atoms with Crippen molar-refractivity contribution in [1.82, 2.24) is 9.80 Å². The van der Waals surface area contributed by atoms with Crippen molar-refractivity contribution >= 4 is 23.1 Å². The molecular formula is C25H27N3O6. The Morgan fingerprint density at radius 1 is 1.06 bits per heavy atom. The highest BCUT2D eigenvalue weighted by molar-refractivity contribution is 6.46. The number of hydrogen-bond donors (Lipinski definition) is 1. The smallest absolute Gasteiger partial charge is 0.295 e. The number of nitro benzene ring substituents is 1. The van der Waals surface area contributed by atoms with Gasteiger partial charge in [0.1, 0.15) is 5.76 Å². The van der Waals surface area contributed by atoms with E-state index in [0.717, 1.165) is 25.2 Å². The zero-order chi connectivity index (χ0) is 24.2. The molecule has 9 nitrogen and oxygen atoms in total. The van der Waals surface area contributed by atoms with E-state index in [1.807, 2.05) is 19.1 Å². The molecule has 4 rings (SSSR count). The Hall–Kier alpha value is -3.56. The molecule has 2 heterocycles. The maximum absolute atomic E-state index is 13.1. The largest absolute Gasteiger partial charge is 0.507 e. The van der Waals surface area contributed by atoms with Crippen molar-refractivity contribution in [3.05, 3.63) is 80.9 Å². The number of likely N-dealkylation sites (tertiary alicyclic amines) is 1. The van der Waals surface area contributed by atoms with Crippen molar-refractivity contribution in [2.75, 3.05) is 39.4 Å². The predicted octanol–water partition coefficient (Wildman–Crippen LogP) is 3.05. The summed E-state index contributed by atoms with van der Waals surface area (Å²) in [5.41, 5.74) is 1.86. The first kappa shape index (κ1) is 23.6. The maximum atomic E-state index is 13.1. The molecule has 2 saturated heterocycles. The van der Waals surface area contributed by atoms with Crippen molar-refractivity contribution in [3.8, 4) is 0 Å². The highest BCUT2D eigenvalue weighted by Gasteiger charge is 2.45. The number of aryl methyl sites for hydroxylation is 1. The third-order valence-electron chi connectivity index (χ3n) is 6.26. The average Bonchev–Trinajstić information content (AvgIpc) is 3.10. The minimum absolute atomic E-state index is 0.00548. The molecule has 2 aromatic carbocycles. The Morgan fingerprint density at radius 2 is 1.71 bits per heavy atom. The van der Waals surface area contributed by atoms with E-state index in [9.17, 15) is 24.8 Å². The van der Waals surface area contributed by atoms with Crippen LogP contribution < -0.4 is 0 Å². The number of nitro groups is 1. The molecular weight excluding hydrogens is 438 g/mol. The topological polar surface area (TPSA) is 113 Å². The van der Waals surface area contributed by atoms with E-state index in [1.165, 1.54) is 29.2 Å². The summed E-state index contributed by atoms with van der Waals surface area (Å²) < 4.78 is 5.37. The van der Waals surface area contributed by atoms with Crippen molar-refractivity contribution < 1.29 is 24.4 Å². The SMILES string of the molecule is Cc1ccc(/C(O)=C2\C(=O)C(=O)N(CCCN3CCOCC3)[C@@H]2c2ccc([N+](=O)[O-])cc2)cc1. The van der Waals surface area contributed by atoms with Crippen LogP contribution in [0.3, 0.4) is 0 Å². The number of nitrogens with zero attached hydrogens (tertiary/aromatic N) is 3. The molecule has 0 bridgehead atoms. The van der Waals surface area contributed by atoms with Crippen molar-refractivity contribution in [2.45, 2.75) is 19.4 Å². The number of non-ortho nitro benzene ring substituents is 1. The van der Waals surface area contributed by atoms with Crippen LogP contribution in [0.1, 0.15) is 29.2 Å². The Kier molecular flexibility index (Phi) is 7.04. The number of aliphatic hydroxyl groups is 1. The van der Waals surface area contributed by atoms with Crippen LogP contribution in [0.4, 0.5) is 5.69 Å². The van der Waals surface area contributed by atoms with Gasteiger partial charge in [0, 0.05) is 43.9 Å². The van der Waals surface area contributed by atoms with E-state index in [0.29, 0.717) is 37.3 Å². The monoisotopic (exact) mass is 465 g/mol. The minimum Gasteiger partial charge on any atom is -0.507 e. The number of rotatable bonds is 7. The number of benzene rings is 2.